The lowest BCUT2D eigenvalue weighted by Gasteiger charge is -2.16. The molecular formula is C13H12Br2ClN5. The zero-order chi connectivity index (χ0) is 14.8. The van der Waals surface area contributed by atoms with Crippen molar-refractivity contribution in [1.82, 2.24) is 15.0 Å². The van der Waals surface area contributed by atoms with E-state index in [0.29, 0.717) is 11.9 Å². The van der Waals surface area contributed by atoms with Crippen LogP contribution >= 0.6 is 43.5 Å². The van der Waals surface area contributed by atoms with E-state index >= 15 is 0 Å². The molecule has 1 aliphatic rings. The molecule has 0 amide bonds. The number of aromatic nitrogens is 3. The van der Waals surface area contributed by atoms with Crippen molar-refractivity contribution >= 4 is 61.0 Å². The molecule has 0 bridgehead atoms. The quantitative estimate of drug-likeness (QED) is 0.778. The zero-order valence-corrected chi connectivity index (χ0v) is 14.9. The summed E-state index contributed by atoms with van der Waals surface area (Å²) in [4.78, 5) is 14.9. The van der Waals surface area contributed by atoms with Crippen molar-refractivity contribution in [3.05, 3.63) is 32.4 Å². The maximum absolute atomic E-state index is 6.02. The van der Waals surface area contributed by atoms with E-state index in [2.05, 4.69) is 57.0 Å². The molecule has 1 saturated heterocycles. The summed E-state index contributed by atoms with van der Waals surface area (Å²) in [7, 11) is 0. The first-order valence-corrected chi connectivity index (χ1v) is 8.47. The molecule has 0 spiro atoms. The Balaban J connectivity index is 1.89. The molecule has 0 aliphatic carbocycles. The van der Waals surface area contributed by atoms with E-state index in [4.69, 9.17) is 11.6 Å². The van der Waals surface area contributed by atoms with Crippen molar-refractivity contribution in [1.29, 1.82) is 0 Å². The molecule has 1 aliphatic heterocycles. The first-order valence-electron chi connectivity index (χ1n) is 6.50. The molecule has 1 aromatic carbocycles. The van der Waals surface area contributed by atoms with Gasteiger partial charge in [0.2, 0.25) is 17.2 Å². The van der Waals surface area contributed by atoms with Crippen molar-refractivity contribution in [3.8, 4) is 0 Å². The number of hydrogen-bond donors (Lipinski definition) is 1. The monoisotopic (exact) mass is 431 g/mol. The number of anilines is 3. The number of halogens is 3. The van der Waals surface area contributed by atoms with Gasteiger partial charge in [-0.15, -0.1) is 0 Å². The molecule has 2 aromatic rings. The average molecular weight is 434 g/mol. The van der Waals surface area contributed by atoms with Crippen LogP contribution in [0.5, 0.6) is 0 Å². The highest BCUT2D eigenvalue weighted by Gasteiger charge is 2.17. The second-order valence-electron chi connectivity index (χ2n) is 4.67. The van der Waals surface area contributed by atoms with Gasteiger partial charge in [-0.25, -0.2) is 0 Å². The third kappa shape index (κ3) is 3.64. The summed E-state index contributed by atoms with van der Waals surface area (Å²) in [5.41, 5.74) is 0.860. The third-order valence-corrected chi connectivity index (χ3v) is 4.51. The van der Waals surface area contributed by atoms with Crippen LogP contribution in [-0.4, -0.2) is 28.0 Å². The molecule has 0 unspecified atom stereocenters. The van der Waals surface area contributed by atoms with Crippen LogP contribution in [0.25, 0.3) is 0 Å². The van der Waals surface area contributed by atoms with E-state index in [1.165, 1.54) is 0 Å². The fourth-order valence-corrected chi connectivity index (χ4v) is 3.03. The standard InChI is InChI=1S/C13H12Br2ClN5/c14-8-3-4-9(15)10(7-8)17-12-18-11(16)19-13(20-12)21-5-1-2-6-21/h3-4,7H,1-2,5-6H2,(H,17,18,19,20). The van der Waals surface area contributed by atoms with Crippen LogP contribution in [0.1, 0.15) is 12.8 Å². The summed E-state index contributed by atoms with van der Waals surface area (Å²) >= 11 is 13.0. The molecule has 1 aromatic heterocycles. The van der Waals surface area contributed by atoms with Gasteiger partial charge in [0.05, 0.1) is 5.69 Å². The predicted molar refractivity (Wildman–Crippen MR) is 91.4 cm³/mol. The molecule has 5 nitrogen and oxygen atoms in total. The van der Waals surface area contributed by atoms with E-state index in [-0.39, 0.29) is 5.28 Å². The molecule has 1 N–H and O–H groups in total. The van der Waals surface area contributed by atoms with Crippen molar-refractivity contribution < 1.29 is 0 Å². The van der Waals surface area contributed by atoms with Crippen molar-refractivity contribution in [2.45, 2.75) is 12.8 Å². The Labute approximate surface area is 144 Å². The molecule has 8 heteroatoms. The van der Waals surface area contributed by atoms with Gasteiger partial charge in [0.25, 0.3) is 0 Å². The summed E-state index contributed by atoms with van der Waals surface area (Å²) in [6, 6.07) is 5.83. The van der Waals surface area contributed by atoms with Gasteiger partial charge in [-0.2, -0.15) is 15.0 Å². The molecule has 1 fully saturated rings. The zero-order valence-electron chi connectivity index (χ0n) is 11.0. The summed E-state index contributed by atoms with van der Waals surface area (Å²) in [5.74, 6) is 1.07. The van der Waals surface area contributed by atoms with E-state index in [0.717, 1.165) is 40.6 Å². The molecule has 0 radical (unpaired) electrons. The number of hydrogen-bond acceptors (Lipinski definition) is 5. The fraction of sp³-hybridized carbons (Fsp3) is 0.308. The van der Waals surface area contributed by atoms with Crippen LogP contribution in [0.3, 0.4) is 0 Å². The van der Waals surface area contributed by atoms with Crippen LogP contribution in [0.2, 0.25) is 5.28 Å². The minimum absolute atomic E-state index is 0.195. The lowest BCUT2D eigenvalue weighted by molar-refractivity contribution is 0.883. The topological polar surface area (TPSA) is 53.9 Å². The van der Waals surface area contributed by atoms with Crippen molar-refractivity contribution in [3.63, 3.8) is 0 Å². The minimum Gasteiger partial charge on any atom is -0.341 e. The van der Waals surface area contributed by atoms with Gasteiger partial charge in [0.1, 0.15) is 0 Å². The van der Waals surface area contributed by atoms with E-state index in [9.17, 15) is 0 Å². The Morgan fingerprint density at radius 1 is 1.10 bits per heavy atom. The first kappa shape index (κ1) is 15.0. The minimum atomic E-state index is 0.195. The second-order valence-corrected chi connectivity index (χ2v) is 6.78. The highest BCUT2D eigenvalue weighted by atomic mass is 79.9. The molecule has 2 heterocycles. The van der Waals surface area contributed by atoms with Crippen LogP contribution in [0.4, 0.5) is 17.6 Å². The molecule has 110 valence electrons. The Hall–Kier alpha value is -0.920. The van der Waals surface area contributed by atoms with Gasteiger partial charge in [0.15, 0.2) is 0 Å². The lowest BCUT2D eigenvalue weighted by atomic mass is 10.3. The SMILES string of the molecule is Clc1nc(Nc2cc(Br)ccc2Br)nc(N2CCCC2)n1. The molecule has 3 rings (SSSR count). The Morgan fingerprint density at radius 2 is 1.86 bits per heavy atom. The third-order valence-electron chi connectivity index (χ3n) is 3.16. The van der Waals surface area contributed by atoms with Crippen LogP contribution in [0.15, 0.2) is 27.1 Å². The van der Waals surface area contributed by atoms with Gasteiger partial charge in [-0.05, 0) is 58.6 Å². The van der Waals surface area contributed by atoms with Crippen LogP contribution in [-0.2, 0) is 0 Å². The summed E-state index contributed by atoms with van der Waals surface area (Å²) in [5, 5.41) is 3.36. The van der Waals surface area contributed by atoms with Gasteiger partial charge >= 0.3 is 0 Å². The average Bonchev–Trinajstić information content (AvgIpc) is 2.96. The highest BCUT2D eigenvalue weighted by Crippen LogP contribution is 2.29. The second kappa shape index (κ2) is 6.46. The van der Waals surface area contributed by atoms with Gasteiger partial charge in [-0.3, -0.25) is 0 Å². The Bertz CT molecular complexity index is 661. The molecule has 0 saturated carbocycles. The normalized spacial score (nSPS) is 14.5. The molecule has 0 atom stereocenters. The maximum atomic E-state index is 6.02. The summed E-state index contributed by atoms with van der Waals surface area (Å²) in [6.07, 6.45) is 2.31. The van der Waals surface area contributed by atoms with Gasteiger partial charge in [-0.1, -0.05) is 15.9 Å². The maximum Gasteiger partial charge on any atom is 0.233 e. The molecular weight excluding hydrogens is 421 g/mol. The van der Waals surface area contributed by atoms with Gasteiger partial charge in [0, 0.05) is 22.0 Å². The summed E-state index contributed by atoms with van der Waals surface area (Å²) < 4.78 is 1.89. The van der Waals surface area contributed by atoms with E-state index in [1.54, 1.807) is 0 Å². The summed E-state index contributed by atoms with van der Waals surface area (Å²) in [6.45, 7) is 1.92. The lowest BCUT2D eigenvalue weighted by Crippen LogP contribution is -2.21. The first-order chi connectivity index (χ1) is 10.1. The fourth-order valence-electron chi connectivity index (χ4n) is 2.17. The van der Waals surface area contributed by atoms with Gasteiger partial charge < -0.3 is 10.2 Å². The van der Waals surface area contributed by atoms with E-state index < -0.39 is 0 Å². The van der Waals surface area contributed by atoms with Crippen LogP contribution < -0.4 is 10.2 Å². The van der Waals surface area contributed by atoms with Crippen LogP contribution in [0, 0.1) is 0 Å². The number of benzene rings is 1. The predicted octanol–water partition coefficient (Wildman–Crippen LogP) is 4.39. The number of nitrogens with one attached hydrogen (secondary N) is 1. The smallest absolute Gasteiger partial charge is 0.233 e. The largest absolute Gasteiger partial charge is 0.341 e. The Kier molecular flexibility index (Phi) is 4.61. The molecule has 21 heavy (non-hydrogen) atoms. The number of nitrogens with zero attached hydrogens (tertiary/aromatic N) is 4. The van der Waals surface area contributed by atoms with Crippen molar-refractivity contribution in [2.24, 2.45) is 0 Å². The Morgan fingerprint density at radius 3 is 2.62 bits per heavy atom. The number of rotatable bonds is 3. The highest BCUT2D eigenvalue weighted by molar-refractivity contribution is 9.11. The van der Waals surface area contributed by atoms with Crippen molar-refractivity contribution in [2.75, 3.05) is 23.3 Å². The van der Waals surface area contributed by atoms with E-state index in [1.807, 2.05) is 18.2 Å².